The van der Waals surface area contributed by atoms with Crippen molar-refractivity contribution in [2.24, 2.45) is 0 Å². The van der Waals surface area contributed by atoms with Gasteiger partial charge in [-0.2, -0.15) is 0 Å². The van der Waals surface area contributed by atoms with Gasteiger partial charge in [0.15, 0.2) is 5.82 Å². The van der Waals surface area contributed by atoms with Crippen LogP contribution in [0.5, 0.6) is 5.75 Å². The summed E-state index contributed by atoms with van der Waals surface area (Å²) in [7, 11) is 0. The van der Waals surface area contributed by atoms with Crippen LogP contribution in [-0.2, 0) is 9.68 Å². The second-order valence-corrected chi connectivity index (χ2v) is 5.92. The number of rotatable bonds is 4. The summed E-state index contributed by atoms with van der Waals surface area (Å²) in [6.07, 6.45) is 0.879. The molecule has 1 aromatic rings. The van der Waals surface area contributed by atoms with Crippen LogP contribution in [0.4, 0.5) is 10.1 Å². The summed E-state index contributed by atoms with van der Waals surface area (Å²) in [5, 5.41) is 1.15. The first kappa shape index (κ1) is 15.1. The minimum Gasteiger partial charge on any atom is -0.493 e. The Bertz CT molecular complexity index is 472. The molecule has 1 heterocycles. The highest BCUT2D eigenvalue weighted by Gasteiger charge is 2.50. The lowest BCUT2D eigenvalue weighted by Crippen LogP contribution is -2.41. The maximum absolute atomic E-state index is 14.2. The normalized spacial score (nSPS) is 20.2. The Morgan fingerprint density at radius 1 is 1.15 bits per heavy atom. The standard InChI is InChI=1S/C15H22FNO3/c1-6-9-18-11-7-8-13(12(16)10-11)17-19-14(2,3)15(4,5)20-17/h7-8,10H,6,9H2,1-5H3. The number of ether oxygens (including phenoxy) is 1. The molecule has 0 aliphatic carbocycles. The molecule has 2 rings (SSSR count). The zero-order valence-electron chi connectivity index (χ0n) is 12.7. The number of halogens is 1. The topological polar surface area (TPSA) is 30.9 Å². The fourth-order valence-corrected chi connectivity index (χ4v) is 1.70. The van der Waals surface area contributed by atoms with E-state index < -0.39 is 17.0 Å². The Hall–Kier alpha value is -1.33. The molecular formula is C15H22FNO3. The van der Waals surface area contributed by atoms with Gasteiger partial charge in [0.1, 0.15) is 22.6 Å². The van der Waals surface area contributed by atoms with E-state index >= 15 is 0 Å². The fourth-order valence-electron chi connectivity index (χ4n) is 1.70. The van der Waals surface area contributed by atoms with Crippen LogP contribution in [0.15, 0.2) is 18.2 Å². The van der Waals surface area contributed by atoms with Crippen LogP contribution in [0, 0.1) is 5.82 Å². The summed E-state index contributed by atoms with van der Waals surface area (Å²) in [6, 6.07) is 4.65. The van der Waals surface area contributed by atoms with Gasteiger partial charge in [0, 0.05) is 6.07 Å². The Morgan fingerprint density at radius 3 is 2.25 bits per heavy atom. The molecule has 0 radical (unpaired) electrons. The van der Waals surface area contributed by atoms with Crippen LogP contribution in [0.2, 0.25) is 0 Å². The van der Waals surface area contributed by atoms with Crippen molar-refractivity contribution in [3.8, 4) is 5.75 Å². The van der Waals surface area contributed by atoms with Crippen LogP contribution in [0.25, 0.3) is 0 Å². The molecule has 0 aromatic heterocycles. The van der Waals surface area contributed by atoms with E-state index in [1.165, 1.54) is 6.07 Å². The Kier molecular flexibility index (Phi) is 3.93. The quantitative estimate of drug-likeness (QED) is 0.839. The fraction of sp³-hybridized carbons (Fsp3) is 0.600. The van der Waals surface area contributed by atoms with Gasteiger partial charge < -0.3 is 4.74 Å². The van der Waals surface area contributed by atoms with Crippen molar-refractivity contribution < 1.29 is 18.8 Å². The highest BCUT2D eigenvalue weighted by atomic mass is 19.1. The molecule has 0 amide bonds. The monoisotopic (exact) mass is 283 g/mol. The summed E-state index contributed by atoms with van der Waals surface area (Å²) in [5.74, 6) is 0.0675. The van der Waals surface area contributed by atoms with Gasteiger partial charge in [0.2, 0.25) is 0 Å². The average Bonchev–Trinajstić information content (AvgIpc) is 2.55. The van der Waals surface area contributed by atoms with Gasteiger partial charge in [0.05, 0.1) is 6.61 Å². The third kappa shape index (κ3) is 2.74. The van der Waals surface area contributed by atoms with Crippen LogP contribution < -0.4 is 9.96 Å². The molecule has 5 heteroatoms. The van der Waals surface area contributed by atoms with Crippen LogP contribution in [0.3, 0.4) is 0 Å². The van der Waals surface area contributed by atoms with E-state index in [9.17, 15) is 4.39 Å². The molecule has 0 saturated carbocycles. The molecule has 0 bridgehead atoms. The van der Waals surface area contributed by atoms with E-state index in [-0.39, 0.29) is 5.69 Å². The summed E-state index contributed by atoms with van der Waals surface area (Å²) in [6.45, 7) is 10.2. The molecule has 0 atom stereocenters. The van der Waals surface area contributed by atoms with E-state index in [2.05, 4.69) is 0 Å². The first-order valence-corrected chi connectivity index (χ1v) is 6.87. The minimum atomic E-state index is -0.545. The van der Waals surface area contributed by atoms with Crippen molar-refractivity contribution in [3.05, 3.63) is 24.0 Å². The third-order valence-corrected chi connectivity index (χ3v) is 3.66. The van der Waals surface area contributed by atoms with Crippen LogP contribution in [0.1, 0.15) is 41.0 Å². The van der Waals surface area contributed by atoms with Gasteiger partial charge in [-0.05, 0) is 46.2 Å². The zero-order chi connectivity index (χ0) is 15.0. The lowest BCUT2D eigenvalue weighted by molar-refractivity contribution is -0.0287. The smallest absolute Gasteiger partial charge is 0.155 e. The van der Waals surface area contributed by atoms with Gasteiger partial charge in [-0.3, -0.25) is 0 Å². The van der Waals surface area contributed by atoms with E-state index in [1.807, 2.05) is 34.6 Å². The van der Waals surface area contributed by atoms with Crippen molar-refractivity contribution >= 4 is 5.69 Å². The lowest BCUT2D eigenvalue weighted by Gasteiger charge is -2.26. The highest BCUT2D eigenvalue weighted by molar-refractivity contribution is 5.47. The average molecular weight is 283 g/mol. The molecule has 1 aromatic carbocycles. The van der Waals surface area contributed by atoms with Crippen molar-refractivity contribution in [2.45, 2.75) is 52.2 Å². The van der Waals surface area contributed by atoms with Gasteiger partial charge in [-0.15, -0.1) is 5.23 Å². The first-order chi connectivity index (χ1) is 9.27. The van der Waals surface area contributed by atoms with E-state index in [0.717, 1.165) is 11.6 Å². The summed E-state index contributed by atoms with van der Waals surface area (Å²) < 4.78 is 19.5. The zero-order valence-corrected chi connectivity index (χ0v) is 12.7. The maximum atomic E-state index is 14.2. The number of nitrogens with zero attached hydrogens (tertiary/aromatic N) is 1. The predicted octanol–water partition coefficient (Wildman–Crippen LogP) is 3.85. The predicted molar refractivity (Wildman–Crippen MR) is 75.0 cm³/mol. The second-order valence-electron chi connectivity index (χ2n) is 5.92. The Balaban J connectivity index is 2.19. The van der Waals surface area contributed by atoms with Crippen molar-refractivity contribution in [1.29, 1.82) is 0 Å². The summed E-state index contributed by atoms with van der Waals surface area (Å²) >= 11 is 0. The molecule has 112 valence electrons. The number of hydrogen-bond donors (Lipinski definition) is 0. The van der Waals surface area contributed by atoms with E-state index in [1.54, 1.807) is 12.1 Å². The molecule has 0 N–H and O–H groups in total. The third-order valence-electron chi connectivity index (χ3n) is 3.66. The highest BCUT2D eigenvalue weighted by Crippen LogP contribution is 2.40. The van der Waals surface area contributed by atoms with E-state index in [4.69, 9.17) is 14.4 Å². The van der Waals surface area contributed by atoms with Gasteiger partial charge in [0.25, 0.3) is 0 Å². The van der Waals surface area contributed by atoms with Gasteiger partial charge in [-0.25, -0.2) is 14.1 Å². The molecule has 1 saturated heterocycles. The molecule has 0 spiro atoms. The van der Waals surface area contributed by atoms with Crippen molar-refractivity contribution in [3.63, 3.8) is 0 Å². The molecule has 1 aliphatic heterocycles. The number of benzene rings is 1. The van der Waals surface area contributed by atoms with Crippen molar-refractivity contribution in [1.82, 2.24) is 0 Å². The summed E-state index contributed by atoms with van der Waals surface area (Å²) in [4.78, 5) is 11.4. The molecular weight excluding hydrogens is 261 g/mol. The molecule has 4 nitrogen and oxygen atoms in total. The molecule has 1 fully saturated rings. The maximum Gasteiger partial charge on any atom is 0.155 e. The second kappa shape index (κ2) is 5.22. The number of hydrogen-bond acceptors (Lipinski definition) is 4. The Morgan fingerprint density at radius 2 is 1.75 bits per heavy atom. The van der Waals surface area contributed by atoms with Gasteiger partial charge >= 0.3 is 0 Å². The van der Waals surface area contributed by atoms with Crippen LogP contribution in [-0.4, -0.2) is 17.8 Å². The summed E-state index contributed by atoms with van der Waals surface area (Å²) in [5.41, 5.74) is -0.847. The SMILES string of the molecule is CCCOc1ccc(N2OC(C)(C)C(C)(C)O2)c(F)c1. The molecule has 1 aliphatic rings. The van der Waals surface area contributed by atoms with Crippen LogP contribution >= 0.6 is 0 Å². The first-order valence-electron chi connectivity index (χ1n) is 6.87. The number of anilines is 1. The largest absolute Gasteiger partial charge is 0.493 e. The Labute approximate surface area is 119 Å². The molecule has 0 unspecified atom stereocenters. The van der Waals surface area contributed by atoms with Crippen molar-refractivity contribution in [2.75, 3.05) is 11.8 Å². The van der Waals surface area contributed by atoms with E-state index in [0.29, 0.717) is 12.4 Å². The minimum absolute atomic E-state index is 0.243. The lowest BCUT2D eigenvalue weighted by atomic mass is 9.90. The molecule has 20 heavy (non-hydrogen) atoms. The van der Waals surface area contributed by atoms with Gasteiger partial charge in [-0.1, -0.05) is 6.92 Å².